The third-order valence-electron chi connectivity index (χ3n) is 7.05. The molecule has 0 bridgehead atoms. The summed E-state index contributed by atoms with van der Waals surface area (Å²) in [6.07, 6.45) is 10.4. The van der Waals surface area contributed by atoms with Gasteiger partial charge in [0.2, 0.25) is 5.89 Å². The van der Waals surface area contributed by atoms with Gasteiger partial charge in [-0.1, -0.05) is 19.0 Å². The zero-order valence-corrected chi connectivity index (χ0v) is 19.5. The van der Waals surface area contributed by atoms with Crippen LogP contribution in [0.2, 0.25) is 0 Å². The van der Waals surface area contributed by atoms with E-state index in [1.165, 1.54) is 0 Å². The summed E-state index contributed by atoms with van der Waals surface area (Å²) in [5, 5.41) is 15.6. The fraction of sp³-hybridized carbons (Fsp3) is 0.478. The smallest absolute Gasteiger partial charge is 0.292 e. The molecule has 1 aliphatic heterocycles. The molecule has 1 saturated heterocycles. The molecule has 34 heavy (non-hydrogen) atoms. The van der Waals surface area contributed by atoms with Crippen molar-refractivity contribution in [3.8, 4) is 11.3 Å². The van der Waals surface area contributed by atoms with E-state index in [-0.39, 0.29) is 22.6 Å². The van der Waals surface area contributed by atoms with Gasteiger partial charge in [-0.2, -0.15) is 15.2 Å². The van der Waals surface area contributed by atoms with Crippen molar-refractivity contribution in [2.75, 3.05) is 24.5 Å². The molecule has 176 valence electrons. The van der Waals surface area contributed by atoms with Crippen LogP contribution < -0.4 is 10.2 Å². The summed E-state index contributed by atoms with van der Waals surface area (Å²) >= 11 is 0. The number of hydrogen-bond acceptors (Lipinski definition) is 8. The maximum atomic E-state index is 12.7. The van der Waals surface area contributed by atoms with E-state index in [1.807, 2.05) is 30.0 Å². The van der Waals surface area contributed by atoms with Crippen molar-refractivity contribution in [1.29, 1.82) is 0 Å². The van der Waals surface area contributed by atoms with E-state index in [0.717, 1.165) is 54.9 Å². The number of carbonyl (C=O) groups excluding carboxylic acids is 1. The minimum atomic E-state index is -0.297. The maximum absolute atomic E-state index is 12.7. The Morgan fingerprint density at radius 3 is 2.79 bits per heavy atom. The molecule has 0 radical (unpaired) electrons. The lowest BCUT2D eigenvalue weighted by Crippen LogP contribution is -2.38. The minimum absolute atomic E-state index is 0.0557. The molecule has 1 aliphatic carbocycles. The Bertz CT molecular complexity index is 1380. The monoisotopic (exact) mass is 461 g/mol. The number of amides is 1. The number of aromatic nitrogens is 7. The fourth-order valence-corrected chi connectivity index (χ4v) is 4.52. The highest BCUT2D eigenvalue weighted by Gasteiger charge is 2.45. The Balaban J connectivity index is 1.18. The first-order chi connectivity index (χ1) is 16.3. The zero-order valence-electron chi connectivity index (χ0n) is 19.5. The molecule has 0 spiro atoms. The first-order valence-electron chi connectivity index (χ1n) is 11.5. The second kappa shape index (κ2) is 7.37. The maximum Gasteiger partial charge on any atom is 0.292 e. The average molecular weight is 462 g/mol. The van der Waals surface area contributed by atoms with Crippen molar-refractivity contribution in [3.05, 3.63) is 42.6 Å². The number of carbonyl (C=O) groups is 1. The van der Waals surface area contributed by atoms with E-state index in [1.54, 1.807) is 17.1 Å². The molecular weight excluding hydrogens is 434 g/mol. The quantitative estimate of drug-likeness (QED) is 0.464. The number of hydrogen-bond donors (Lipinski definition) is 1. The number of nitrogens with one attached hydrogen (secondary N) is 1. The van der Waals surface area contributed by atoms with Crippen LogP contribution in [0.5, 0.6) is 0 Å². The first-order valence-corrected chi connectivity index (χ1v) is 11.5. The van der Waals surface area contributed by atoms with E-state index >= 15 is 0 Å². The van der Waals surface area contributed by atoms with Gasteiger partial charge < -0.3 is 14.7 Å². The Morgan fingerprint density at radius 2 is 2.03 bits per heavy atom. The number of aryl methyl sites for hydroxylation is 1. The molecule has 4 aromatic heterocycles. The molecule has 6 rings (SSSR count). The van der Waals surface area contributed by atoms with Crippen molar-refractivity contribution < 1.29 is 9.32 Å². The zero-order chi connectivity index (χ0) is 23.5. The Labute approximate surface area is 196 Å². The van der Waals surface area contributed by atoms with Crippen molar-refractivity contribution in [2.24, 2.45) is 12.5 Å². The summed E-state index contributed by atoms with van der Waals surface area (Å²) in [5.74, 6) is 1.25. The Hall–Kier alpha value is -3.76. The number of nitrogens with zero attached hydrogens (tertiary/aromatic N) is 8. The van der Waals surface area contributed by atoms with Crippen LogP contribution in [0.15, 0.2) is 35.4 Å². The predicted octanol–water partition coefficient (Wildman–Crippen LogP) is 2.21. The summed E-state index contributed by atoms with van der Waals surface area (Å²) in [6, 6.07) is 1.97. The molecular formula is C23H27N9O2. The topological polar surface area (TPSA) is 119 Å². The highest BCUT2D eigenvalue weighted by atomic mass is 16.5. The molecule has 0 aromatic carbocycles. The van der Waals surface area contributed by atoms with Crippen LogP contribution in [0.1, 0.15) is 49.6 Å². The number of fused-ring (bicyclic) bond motifs is 1. The van der Waals surface area contributed by atoms with Gasteiger partial charge >= 0.3 is 0 Å². The standard InChI is InChI=1S/C23H27N9O2/c1-22(13-24-20(33)18-28-21(34-29-18)23(2)5-6-23)7-9-31(14-22)19-17-4-8-25-32(17)12-16(27-19)15-10-26-30(3)11-15/h4,8,10-12H,5-7,9,13-14H2,1-3H3,(H,24,33). The van der Waals surface area contributed by atoms with E-state index < -0.39 is 0 Å². The van der Waals surface area contributed by atoms with Crippen LogP contribution in [-0.4, -0.2) is 60.1 Å². The molecule has 2 fully saturated rings. The van der Waals surface area contributed by atoms with Crippen molar-refractivity contribution in [2.45, 2.75) is 38.5 Å². The predicted molar refractivity (Wildman–Crippen MR) is 123 cm³/mol. The summed E-state index contributed by atoms with van der Waals surface area (Å²) in [5.41, 5.74) is 2.54. The van der Waals surface area contributed by atoms with Gasteiger partial charge in [0, 0.05) is 49.3 Å². The second-order valence-corrected chi connectivity index (χ2v) is 10.2. The van der Waals surface area contributed by atoms with Crippen molar-refractivity contribution in [1.82, 2.24) is 39.8 Å². The number of rotatable bonds is 6. The van der Waals surface area contributed by atoms with Gasteiger partial charge in [-0.05, 0) is 25.3 Å². The molecule has 1 N–H and O–H groups in total. The third-order valence-corrected chi connectivity index (χ3v) is 7.05. The van der Waals surface area contributed by atoms with E-state index in [2.05, 4.69) is 44.4 Å². The summed E-state index contributed by atoms with van der Waals surface area (Å²) < 4.78 is 8.93. The Morgan fingerprint density at radius 1 is 1.18 bits per heavy atom. The van der Waals surface area contributed by atoms with Crippen LogP contribution in [0.4, 0.5) is 5.82 Å². The Kier molecular flexibility index (Phi) is 4.51. The van der Waals surface area contributed by atoms with Gasteiger partial charge in [0.05, 0.1) is 24.3 Å². The van der Waals surface area contributed by atoms with Crippen molar-refractivity contribution >= 4 is 17.2 Å². The van der Waals surface area contributed by atoms with Crippen LogP contribution in [0.3, 0.4) is 0 Å². The molecule has 5 heterocycles. The first kappa shape index (κ1) is 20.8. The molecule has 1 unspecified atom stereocenters. The molecule has 2 aliphatic rings. The van der Waals surface area contributed by atoms with Crippen molar-refractivity contribution in [3.63, 3.8) is 0 Å². The minimum Gasteiger partial charge on any atom is -0.354 e. The van der Waals surface area contributed by atoms with E-state index in [9.17, 15) is 4.79 Å². The largest absolute Gasteiger partial charge is 0.354 e. The fourth-order valence-electron chi connectivity index (χ4n) is 4.52. The lowest BCUT2D eigenvalue weighted by molar-refractivity contribution is 0.0923. The summed E-state index contributed by atoms with van der Waals surface area (Å²) in [4.78, 5) is 24.2. The highest BCUT2D eigenvalue weighted by molar-refractivity contribution is 5.90. The average Bonchev–Trinajstić information content (AvgIpc) is 3.37. The molecule has 11 nitrogen and oxygen atoms in total. The van der Waals surface area contributed by atoms with Gasteiger partial charge in [-0.15, -0.1) is 0 Å². The van der Waals surface area contributed by atoms with E-state index in [4.69, 9.17) is 9.51 Å². The molecule has 1 atom stereocenters. The van der Waals surface area contributed by atoms with Crippen LogP contribution in [-0.2, 0) is 12.5 Å². The van der Waals surface area contributed by atoms with Gasteiger partial charge in [-0.3, -0.25) is 9.48 Å². The second-order valence-electron chi connectivity index (χ2n) is 10.2. The van der Waals surface area contributed by atoms with Crippen LogP contribution >= 0.6 is 0 Å². The molecule has 4 aromatic rings. The normalized spacial score (nSPS) is 21.3. The highest BCUT2D eigenvalue weighted by Crippen LogP contribution is 2.46. The summed E-state index contributed by atoms with van der Waals surface area (Å²) in [6.45, 7) is 6.36. The lowest BCUT2D eigenvalue weighted by atomic mass is 9.90. The molecule has 1 amide bonds. The van der Waals surface area contributed by atoms with E-state index in [0.29, 0.717) is 12.4 Å². The molecule has 11 heteroatoms. The van der Waals surface area contributed by atoms with Crippen LogP contribution in [0.25, 0.3) is 16.8 Å². The lowest BCUT2D eigenvalue weighted by Gasteiger charge is -2.25. The van der Waals surface area contributed by atoms with Crippen LogP contribution in [0, 0.1) is 5.41 Å². The van der Waals surface area contributed by atoms with Gasteiger partial charge in [-0.25, -0.2) is 9.50 Å². The van der Waals surface area contributed by atoms with Gasteiger partial charge in [0.15, 0.2) is 5.82 Å². The molecule has 1 saturated carbocycles. The summed E-state index contributed by atoms with van der Waals surface area (Å²) in [7, 11) is 1.89. The third kappa shape index (κ3) is 3.61. The van der Waals surface area contributed by atoms with Gasteiger partial charge in [0.1, 0.15) is 5.52 Å². The number of anilines is 1. The SMILES string of the molecule is Cn1cc(-c2cn3nccc3c(N3CCC(C)(CNC(=O)c4noc(C5(C)CC5)n4)C3)n2)cn1. The van der Waals surface area contributed by atoms with Gasteiger partial charge in [0.25, 0.3) is 11.7 Å².